The minimum atomic E-state index is -0.609. The summed E-state index contributed by atoms with van der Waals surface area (Å²) in [4.78, 5) is 10.2. The average Bonchev–Trinajstić information content (AvgIpc) is 2.12. The van der Waals surface area contributed by atoms with Gasteiger partial charge in [-0.1, -0.05) is 12.8 Å². The third-order valence-electron chi connectivity index (χ3n) is 1.70. The smallest absolute Gasteiger partial charge is 1.00 e. The van der Waals surface area contributed by atoms with Crippen LogP contribution in [0.5, 0.6) is 0 Å². The Labute approximate surface area is 68.3 Å². The van der Waals surface area contributed by atoms with E-state index in [1.165, 1.54) is 0 Å². The van der Waals surface area contributed by atoms with Crippen LogP contribution >= 0.6 is 0 Å². The minimum Gasteiger partial charge on any atom is -1.00 e. The van der Waals surface area contributed by atoms with E-state index in [9.17, 15) is 4.79 Å². The fraction of sp³-hybridized carbons (Fsp3) is 0.833. The summed E-state index contributed by atoms with van der Waals surface area (Å²) in [6.45, 7) is 0. The van der Waals surface area contributed by atoms with Gasteiger partial charge in [0, 0.05) is 0 Å². The quantitative estimate of drug-likeness (QED) is 0.424. The van der Waals surface area contributed by atoms with E-state index >= 15 is 0 Å². The molecule has 0 aliphatic heterocycles. The standard InChI is InChI=1S/C6H10O2.Li.H/c7-6(8)5-3-1-2-4-5;;/h5H,1-4H2,(H,7,8);;/q;+1;-1. The molecule has 0 unspecified atom stereocenters. The van der Waals surface area contributed by atoms with Crippen LogP contribution in [0.25, 0.3) is 0 Å². The van der Waals surface area contributed by atoms with E-state index < -0.39 is 5.97 Å². The molecule has 1 aliphatic rings. The van der Waals surface area contributed by atoms with Crippen molar-refractivity contribution in [2.24, 2.45) is 5.92 Å². The van der Waals surface area contributed by atoms with E-state index in [1.54, 1.807) is 0 Å². The van der Waals surface area contributed by atoms with E-state index in [1.807, 2.05) is 0 Å². The SMILES string of the molecule is O=C(O)C1CCCC1.[H-].[Li+]. The average molecular weight is 122 g/mol. The second-order valence-electron chi connectivity index (χ2n) is 2.32. The van der Waals surface area contributed by atoms with Gasteiger partial charge in [-0.3, -0.25) is 4.79 Å². The second-order valence-corrected chi connectivity index (χ2v) is 2.32. The Morgan fingerprint density at radius 2 is 1.89 bits per heavy atom. The van der Waals surface area contributed by atoms with Gasteiger partial charge in [0.25, 0.3) is 0 Å². The van der Waals surface area contributed by atoms with E-state index in [-0.39, 0.29) is 26.2 Å². The summed E-state index contributed by atoms with van der Waals surface area (Å²) in [6, 6.07) is 0. The zero-order valence-corrected chi connectivity index (χ0v) is 5.76. The maximum atomic E-state index is 10.2. The summed E-state index contributed by atoms with van der Waals surface area (Å²) in [6.07, 6.45) is 4.01. The normalized spacial score (nSPS) is 19.1. The third-order valence-corrected chi connectivity index (χ3v) is 1.70. The Bertz CT molecular complexity index is 102. The van der Waals surface area contributed by atoms with Crippen LogP contribution in [0.1, 0.15) is 27.1 Å². The van der Waals surface area contributed by atoms with Gasteiger partial charge in [0.15, 0.2) is 0 Å². The summed E-state index contributed by atoms with van der Waals surface area (Å²) in [7, 11) is 0. The Morgan fingerprint density at radius 3 is 2.11 bits per heavy atom. The van der Waals surface area contributed by atoms with Crippen molar-refractivity contribution in [2.75, 3.05) is 0 Å². The largest absolute Gasteiger partial charge is 1.00 e. The molecule has 1 saturated carbocycles. The van der Waals surface area contributed by atoms with Gasteiger partial charge in [0.1, 0.15) is 0 Å². The number of hydrogen-bond donors (Lipinski definition) is 1. The van der Waals surface area contributed by atoms with Gasteiger partial charge < -0.3 is 6.53 Å². The molecule has 0 bridgehead atoms. The predicted octanol–water partition coefficient (Wildman–Crippen LogP) is -1.62. The molecule has 2 nitrogen and oxygen atoms in total. The summed E-state index contributed by atoms with van der Waals surface area (Å²) in [5.41, 5.74) is 0. The van der Waals surface area contributed by atoms with Crippen molar-refractivity contribution in [3.05, 3.63) is 0 Å². The Morgan fingerprint density at radius 1 is 1.44 bits per heavy atom. The molecule has 1 rings (SSSR count). The van der Waals surface area contributed by atoms with Crippen LogP contribution in [-0.4, -0.2) is 11.1 Å². The molecule has 48 valence electrons. The maximum absolute atomic E-state index is 10.2. The van der Waals surface area contributed by atoms with Gasteiger partial charge in [-0.2, -0.15) is 0 Å². The zero-order chi connectivity index (χ0) is 5.98. The first-order valence-corrected chi connectivity index (χ1v) is 3.03. The number of carboxylic acids is 1. The monoisotopic (exact) mass is 122 g/mol. The maximum Gasteiger partial charge on any atom is 1.00 e. The van der Waals surface area contributed by atoms with Crippen LogP contribution in [0.15, 0.2) is 0 Å². The summed E-state index contributed by atoms with van der Waals surface area (Å²) < 4.78 is 0. The van der Waals surface area contributed by atoms with Crippen molar-refractivity contribution in [3.8, 4) is 0 Å². The van der Waals surface area contributed by atoms with Crippen molar-refractivity contribution >= 4 is 5.97 Å². The van der Waals surface area contributed by atoms with Gasteiger partial charge in [-0.25, -0.2) is 0 Å². The first-order valence-electron chi connectivity index (χ1n) is 3.03. The van der Waals surface area contributed by atoms with Gasteiger partial charge in [-0.15, -0.1) is 0 Å². The second kappa shape index (κ2) is 3.98. The summed E-state index contributed by atoms with van der Waals surface area (Å²) in [5, 5.41) is 8.41. The molecule has 1 aliphatic carbocycles. The van der Waals surface area contributed by atoms with E-state index in [4.69, 9.17) is 5.11 Å². The first kappa shape index (κ1) is 9.07. The Hall–Kier alpha value is 0.0674. The molecular weight excluding hydrogens is 111 g/mol. The predicted molar refractivity (Wildman–Crippen MR) is 30.7 cm³/mol. The number of aliphatic carboxylic acids is 1. The van der Waals surface area contributed by atoms with Crippen LogP contribution in [0.2, 0.25) is 0 Å². The van der Waals surface area contributed by atoms with Gasteiger partial charge in [-0.05, 0) is 12.8 Å². The van der Waals surface area contributed by atoms with Crippen LogP contribution < -0.4 is 18.9 Å². The third kappa shape index (κ3) is 2.42. The molecule has 1 N–H and O–H groups in total. The summed E-state index contributed by atoms with van der Waals surface area (Å²) in [5.74, 6) is -0.627. The Balaban J connectivity index is 0. The zero-order valence-electron chi connectivity index (χ0n) is 6.76. The van der Waals surface area contributed by atoms with Gasteiger partial charge in [0.05, 0.1) is 5.92 Å². The fourth-order valence-corrected chi connectivity index (χ4v) is 1.17. The number of carboxylic acid groups (broad SMARTS) is 1. The summed E-state index contributed by atoms with van der Waals surface area (Å²) >= 11 is 0. The molecule has 3 heteroatoms. The van der Waals surface area contributed by atoms with E-state index in [0.717, 1.165) is 25.7 Å². The first-order chi connectivity index (χ1) is 3.80. The van der Waals surface area contributed by atoms with Crippen LogP contribution in [-0.2, 0) is 4.79 Å². The van der Waals surface area contributed by atoms with Crippen LogP contribution in [0.3, 0.4) is 0 Å². The fourth-order valence-electron chi connectivity index (χ4n) is 1.17. The molecule has 0 amide bonds. The number of rotatable bonds is 1. The molecule has 0 aromatic heterocycles. The topological polar surface area (TPSA) is 37.3 Å². The van der Waals surface area contributed by atoms with Crippen molar-refractivity contribution in [1.82, 2.24) is 0 Å². The molecule has 1 fully saturated rings. The van der Waals surface area contributed by atoms with Crippen molar-refractivity contribution < 1.29 is 30.2 Å². The molecule has 0 aromatic carbocycles. The minimum absolute atomic E-state index is 0. The Kier molecular flexibility index (Phi) is 4.01. The molecule has 0 saturated heterocycles. The molecule has 0 atom stereocenters. The van der Waals surface area contributed by atoms with Crippen LogP contribution in [0, 0.1) is 5.92 Å². The van der Waals surface area contributed by atoms with Gasteiger partial charge >= 0.3 is 24.8 Å². The van der Waals surface area contributed by atoms with Crippen molar-refractivity contribution in [2.45, 2.75) is 25.7 Å². The molecule has 0 radical (unpaired) electrons. The van der Waals surface area contributed by atoms with Crippen LogP contribution in [0.4, 0.5) is 0 Å². The molecular formula is C6H11LiO2. The molecule has 0 aromatic rings. The molecule has 0 heterocycles. The molecule has 9 heavy (non-hydrogen) atoms. The number of carbonyl (C=O) groups is 1. The van der Waals surface area contributed by atoms with Crippen molar-refractivity contribution in [1.29, 1.82) is 0 Å². The van der Waals surface area contributed by atoms with E-state index in [2.05, 4.69) is 0 Å². The van der Waals surface area contributed by atoms with E-state index in [0.29, 0.717) is 0 Å². The van der Waals surface area contributed by atoms with Gasteiger partial charge in [0.2, 0.25) is 0 Å². The number of hydrogen-bond acceptors (Lipinski definition) is 1. The van der Waals surface area contributed by atoms with Crippen molar-refractivity contribution in [3.63, 3.8) is 0 Å². The molecule has 0 spiro atoms.